The zero-order valence-electron chi connectivity index (χ0n) is 16.1. The number of aliphatic imine (C=N–C) groups is 1. The number of aromatic nitrogens is 1. The molecule has 1 amide bonds. The Hall–Kier alpha value is -2.93. The molecule has 0 saturated carbocycles. The van der Waals surface area contributed by atoms with Gasteiger partial charge >= 0.3 is 0 Å². The van der Waals surface area contributed by atoms with Crippen molar-refractivity contribution in [1.82, 2.24) is 10.3 Å². The third-order valence-corrected chi connectivity index (χ3v) is 4.94. The van der Waals surface area contributed by atoms with Crippen LogP contribution < -0.4 is 11.1 Å². The largest absolute Gasteiger partial charge is 0.394 e. The summed E-state index contributed by atoms with van der Waals surface area (Å²) in [5.41, 5.74) is 9.08. The number of amides is 1. The second-order valence-corrected chi connectivity index (χ2v) is 7.44. The van der Waals surface area contributed by atoms with Crippen LogP contribution in [0.15, 0.2) is 65.8 Å². The van der Waals surface area contributed by atoms with Crippen LogP contribution in [-0.4, -0.2) is 34.5 Å². The van der Waals surface area contributed by atoms with Crippen molar-refractivity contribution >= 4 is 40.6 Å². The third kappa shape index (κ3) is 5.16. The summed E-state index contributed by atoms with van der Waals surface area (Å²) < 4.78 is 0. The first-order valence-corrected chi connectivity index (χ1v) is 9.91. The van der Waals surface area contributed by atoms with E-state index in [1.165, 1.54) is 6.07 Å². The van der Waals surface area contributed by atoms with E-state index in [4.69, 9.17) is 34.0 Å². The Labute approximate surface area is 184 Å². The lowest BCUT2D eigenvalue weighted by atomic mass is 10.1. The predicted molar refractivity (Wildman–Crippen MR) is 121 cm³/mol. The minimum absolute atomic E-state index is 0.154. The van der Waals surface area contributed by atoms with Gasteiger partial charge in [0.1, 0.15) is 5.84 Å². The third-order valence-electron chi connectivity index (χ3n) is 4.30. The number of aliphatic hydroxyl groups is 1. The molecule has 3 aromatic rings. The van der Waals surface area contributed by atoms with Crippen molar-refractivity contribution in [3.63, 3.8) is 0 Å². The second kappa shape index (κ2) is 9.71. The van der Waals surface area contributed by atoms with E-state index >= 15 is 0 Å². The summed E-state index contributed by atoms with van der Waals surface area (Å²) in [5.74, 6) is -0.136. The lowest BCUT2D eigenvalue weighted by Gasteiger charge is -2.12. The molecule has 30 heavy (non-hydrogen) atoms. The molecule has 0 radical (unpaired) electrons. The SMILES string of the molecule is C[C@@H](CO)NC(=O)c1ccc(C(N)=Nc2ccc(Cl)c(-c3ccccn3)c2)c(Cl)c1. The van der Waals surface area contributed by atoms with Gasteiger partial charge in [0.05, 0.1) is 28.0 Å². The summed E-state index contributed by atoms with van der Waals surface area (Å²) in [6.45, 7) is 1.54. The first-order valence-electron chi connectivity index (χ1n) is 9.16. The van der Waals surface area contributed by atoms with Gasteiger partial charge in [-0.3, -0.25) is 9.78 Å². The maximum atomic E-state index is 12.2. The number of nitrogens with two attached hydrogens (primary N) is 1. The van der Waals surface area contributed by atoms with Crippen LogP contribution >= 0.6 is 23.2 Å². The number of pyridine rings is 1. The number of nitrogens with one attached hydrogen (secondary N) is 1. The summed E-state index contributed by atoms with van der Waals surface area (Å²) in [5, 5.41) is 12.6. The van der Waals surface area contributed by atoms with Gasteiger partial charge in [-0.05, 0) is 55.5 Å². The number of amidine groups is 1. The molecule has 0 fully saturated rings. The smallest absolute Gasteiger partial charge is 0.251 e. The van der Waals surface area contributed by atoms with Gasteiger partial charge < -0.3 is 16.2 Å². The number of aliphatic hydroxyl groups excluding tert-OH is 1. The second-order valence-electron chi connectivity index (χ2n) is 6.63. The van der Waals surface area contributed by atoms with E-state index in [-0.39, 0.29) is 24.4 Å². The molecule has 0 aliphatic carbocycles. The van der Waals surface area contributed by atoms with Gasteiger partial charge in [-0.25, -0.2) is 4.99 Å². The lowest BCUT2D eigenvalue weighted by molar-refractivity contribution is 0.0922. The fourth-order valence-corrected chi connectivity index (χ4v) is 3.21. The minimum Gasteiger partial charge on any atom is -0.394 e. The predicted octanol–water partition coefficient (Wildman–Crippen LogP) is 4.20. The quantitative estimate of drug-likeness (QED) is 0.393. The van der Waals surface area contributed by atoms with Crippen LogP contribution in [0, 0.1) is 0 Å². The molecule has 1 atom stereocenters. The molecule has 154 valence electrons. The molecule has 2 aromatic carbocycles. The van der Waals surface area contributed by atoms with E-state index in [1.54, 1.807) is 43.5 Å². The van der Waals surface area contributed by atoms with Crippen LogP contribution in [0.5, 0.6) is 0 Å². The van der Waals surface area contributed by atoms with Crippen molar-refractivity contribution in [3.05, 3.63) is 82.0 Å². The monoisotopic (exact) mass is 442 g/mol. The fourth-order valence-electron chi connectivity index (χ4n) is 2.72. The summed E-state index contributed by atoms with van der Waals surface area (Å²) in [6.07, 6.45) is 1.69. The highest BCUT2D eigenvalue weighted by atomic mass is 35.5. The molecule has 0 spiro atoms. The van der Waals surface area contributed by atoms with Crippen LogP contribution in [0.2, 0.25) is 10.0 Å². The van der Waals surface area contributed by atoms with Crippen molar-refractivity contribution in [2.45, 2.75) is 13.0 Å². The molecule has 1 heterocycles. The Kier molecular flexibility index (Phi) is 7.05. The van der Waals surface area contributed by atoms with Crippen molar-refractivity contribution in [2.24, 2.45) is 10.7 Å². The van der Waals surface area contributed by atoms with Crippen LogP contribution in [-0.2, 0) is 0 Å². The number of halogens is 2. The normalized spacial score (nSPS) is 12.5. The van der Waals surface area contributed by atoms with Crippen molar-refractivity contribution in [2.75, 3.05) is 6.61 Å². The maximum absolute atomic E-state index is 12.2. The van der Waals surface area contributed by atoms with E-state index in [0.29, 0.717) is 26.9 Å². The number of carbonyl (C=O) groups is 1. The standard InChI is InChI=1S/C22H20Cl2N4O2/c1-13(12-29)27-22(30)14-5-7-16(19(24)10-14)21(25)28-15-6-8-18(23)17(11-15)20-4-2-3-9-26-20/h2-11,13,29H,12H2,1H3,(H2,25,28)(H,27,30)/t13-/m0/s1. The highest BCUT2D eigenvalue weighted by Crippen LogP contribution is 2.30. The highest BCUT2D eigenvalue weighted by Gasteiger charge is 2.13. The van der Waals surface area contributed by atoms with Crippen molar-refractivity contribution < 1.29 is 9.90 Å². The van der Waals surface area contributed by atoms with Gasteiger partial charge in [-0.15, -0.1) is 0 Å². The molecule has 8 heteroatoms. The maximum Gasteiger partial charge on any atom is 0.251 e. The summed E-state index contributed by atoms with van der Waals surface area (Å²) in [6, 6.07) is 15.2. The van der Waals surface area contributed by atoms with E-state index in [1.807, 2.05) is 18.2 Å². The van der Waals surface area contributed by atoms with Crippen molar-refractivity contribution in [3.8, 4) is 11.3 Å². The number of rotatable bonds is 6. The number of hydrogen-bond donors (Lipinski definition) is 3. The van der Waals surface area contributed by atoms with Gasteiger partial charge in [-0.2, -0.15) is 0 Å². The van der Waals surface area contributed by atoms with Crippen LogP contribution in [0.1, 0.15) is 22.8 Å². The summed E-state index contributed by atoms with van der Waals surface area (Å²) in [7, 11) is 0. The Morgan fingerprint density at radius 3 is 2.63 bits per heavy atom. The van der Waals surface area contributed by atoms with Crippen LogP contribution in [0.3, 0.4) is 0 Å². The summed E-state index contributed by atoms with van der Waals surface area (Å²) >= 11 is 12.6. The Morgan fingerprint density at radius 2 is 1.97 bits per heavy atom. The summed E-state index contributed by atoms with van der Waals surface area (Å²) in [4.78, 5) is 20.9. The number of benzene rings is 2. The zero-order chi connectivity index (χ0) is 21.7. The van der Waals surface area contributed by atoms with Crippen molar-refractivity contribution in [1.29, 1.82) is 0 Å². The van der Waals surface area contributed by atoms with Gasteiger partial charge in [0.2, 0.25) is 0 Å². The first-order chi connectivity index (χ1) is 14.4. The van der Waals surface area contributed by atoms with Crippen LogP contribution in [0.25, 0.3) is 11.3 Å². The number of carbonyl (C=O) groups excluding carboxylic acids is 1. The van der Waals surface area contributed by atoms with Gasteiger partial charge in [-0.1, -0.05) is 29.3 Å². The number of nitrogens with zero attached hydrogens (tertiary/aromatic N) is 2. The molecule has 0 bridgehead atoms. The molecule has 0 saturated heterocycles. The molecule has 0 aliphatic heterocycles. The van der Waals surface area contributed by atoms with Gasteiger partial charge in [0.15, 0.2) is 0 Å². The number of hydrogen-bond acceptors (Lipinski definition) is 4. The molecule has 6 nitrogen and oxygen atoms in total. The topological polar surface area (TPSA) is 101 Å². The van der Waals surface area contributed by atoms with E-state index in [9.17, 15) is 4.79 Å². The fraction of sp³-hybridized carbons (Fsp3) is 0.136. The lowest BCUT2D eigenvalue weighted by Crippen LogP contribution is -2.35. The van der Waals surface area contributed by atoms with Crippen LogP contribution in [0.4, 0.5) is 5.69 Å². The minimum atomic E-state index is -0.360. The van der Waals surface area contributed by atoms with E-state index in [0.717, 1.165) is 11.3 Å². The molecule has 0 aliphatic rings. The molecule has 3 rings (SSSR count). The first kappa shape index (κ1) is 21.8. The average molecular weight is 443 g/mol. The molecule has 4 N–H and O–H groups in total. The zero-order valence-corrected chi connectivity index (χ0v) is 17.7. The average Bonchev–Trinajstić information content (AvgIpc) is 2.75. The van der Waals surface area contributed by atoms with E-state index < -0.39 is 0 Å². The molecular weight excluding hydrogens is 423 g/mol. The molecule has 1 aromatic heterocycles. The Bertz CT molecular complexity index is 1090. The molecular formula is C22H20Cl2N4O2. The Morgan fingerprint density at radius 1 is 1.17 bits per heavy atom. The van der Waals surface area contributed by atoms with E-state index in [2.05, 4.69) is 15.3 Å². The Balaban J connectivity index is 1.88. The van der Waals surface area contributed by atoms with Gasteiger partial charge in [0.25, 0.3) is 5.91 Å². The highest BCUT2D eigenvalue weighted by molar-refractivity contribution is 6.34. The molecule has 0 unspecified atom stereocenters. The van der Waals surface area contributed by atoms with Gasteiger partial charge in [0, 0.05) is 28.9 Å².